The zero-order chi connectivity index (χ0) is 13.8. The van der Waals surface area contributed by atoms with Crippen LogP contribution in [0.4, 0.5) is 10.2 Å². The fraction of sp³-hybridized carbons (Fsp3) is 0.286. The number of rotatable bonds is 4. The van der Waals surface area contributed by atoms with Crippen LogP contribution in [0.15, 0.2) is 24.3 Å². The lowest BCUT2D eigenvalue weighted by molar-refractivity contribution is 0.340. The quantitative estimate of drug-likeness (QED) is 0.919. The molecule has 19 heavy (non-hydrogen) atoms. The molecule has 0 saturated heterocycles. The van der Waals surface area contributed by atoms with Crippen molar-refractivity contribution >= 4 is 5.82 Å². The molecule has 0 saturated carbocycles. The van der Waals surface area contributed by atoms with Crippen LogP contribution in [0.1, 0.15) is 12.6 Å². The number of benzene rings is 1. The Balaban J connectivity index is 2.46. The second kappa shape index (κ2) is 5.65. The molecule has 0 aliphatic rings. The Bertz CT molecular complexity index is 587. The normalized spacial score (nSPS) is 10.3. The molecule has 1 N–H and O–H groups in total. The average molecular weight is 261 g/mol. The maximum atomic E-state index is 13.7. The lowest BCUT2D eigenvalue weighted by atomic mass is 10.2. The molecule has 0 fully saturated rings. The van der Waals surface area contributed by atoms with Gasteiger partial charge in [-0.3, -0.25) is 0 Å². The predicted octanol–water partition coefficient (Wildman–Crippen LogP) is 3.03. The number of nitrogens with one attached hydrogen (secondary N) is 1. The highest BCUT2D eigenvalue weighted by atomic mass is 19.1. The molecular formula is C14H16FN3O. The van der Waals surface area contributed by atoms with Gasteiger partial charge in [0.25, 0.3) is 0 Å². The van der Waals surface area contributed by atoms with Crippen LogP contribution < -0.4 is 10.1 Å². The standard InChI is InChI=1S/C14H16FN3O/c1-4-19-11-7-5-6-10(8-11)13-17-9(2)12(15)14(16-3)18-13/h5-8H,4H2,1-3H3,(H,16,17,18). The highest BCUT2D eigenvalue weighted by Crippen LogP contribution is 2.24. The van der Waals surface area contributed by atoms with Gasteiger partial charge < -0.3 is 10.1 Å². The topological polar surface area (TPSA) is 47.0 Å². The van der Waals surface area contributed by atoms with Crippen molar-refractivity contribution in [2.45, 2.75) is 13.8 Å². The molecular weight excluding hydrogens is 245 g/mol. The van der Waals surface area contributed by atoms with Crippen LogP contribution in [0.25, 0.3) is 11.4 Å². The SMILES string of the molecule is CCOc1cccc(-c2nc(C)c(F)c(NC)n2)c1. The van der Waals surface area contributed by atoms with Crippen molar-refractivity contribution in [3.63, 3.8) is 0 Å². The van der Waals surface area contributed by atoms with Gasteiger partial charge in [-0.25, -0.2) is 14.4 Å². The third-order valence-corrected chi connectivity index (χ3v) is 2.66. The van der Waals surface area contributed by atoms with Crippen molar-refractivity contribution in [1.29, 1.82) is 0 Å². The fourth-order valence-corrected chi connectivity index (χ4v) is 1.75. The Morgan fingerprint density at radius 3 is 2.79 bits per heavy atom. The third-order valence-electron chi connectivity index (χ3n) is 2.66. The van der Waals surface area contributed by atoms with Gasteiger partial charge in [0, 0.05) is 12.6 Å². The molecule has 0 atom stereocenters. The molecule has 2 rings (SSSR count). The summed E-state index contributed by atoms with van der Waals surface area (Å²) in [5, 5.41) is 2.73. The molecule has 5 heteroatoms. The molecule has 2 aromatic rings. The molecule has 4 nitrogen and oxygen atoms in total. The maximum absolute atomic E-state index is 13.7. The molecule has 0 aliphatic carbocycles. The summed E-state index contributed by atoms with van der Waals surface area (Å²) >= 11 is 0. The number of ether oxygens (including phenoxy) is 1. The smallest absolute Gasteiger partial charge is 0.186 e. The van der Waals surface area contributed by atoms with Crippen LogP contribution in [0.3, 0.4) is 0 Å². The maximum Gasteiger partial charge on any atom is 0.186 e. The first kappa shape index (κ1) is 13.3. The summed E-state index contributed by atoms with van der Waals surface area (Å²) < 4.78 is 19.1. The van der Waals surface area contributed by atoms with E-state index in [-0.39, 0.29) is 5.82 Å². The van der Waals surface area contributed by atoms with E-state index in [4.69, 9.17) is 4.74 Å². The first-order valence-corrected chi connectivity index (χ1v) is 6.10. The van der Waals surface area contributed by atoms with E-state index >= 15 is 0 Å². The van der Waals surface area contributed by atoms with E-state index in [0.717, 1.165) is 11.3 Å². The first-order chi connectivity index (χ1) is 9.15. The van der Waals surface area contributed by atoms with Gasteiger partial charge in [-0.1, -0.05) is 12.1 Å². The molecule has 1 heterocycles. The minimum atomic E-state index is -0.424. The summed E-state index contributed by atoms with van der Waals surface area (Å²) in [6.07, 6.45) is 0. The molecule has 100 valence electrons. The number of aromatic nitrogens is 2. The summed E-state index contributed by atoms with van der Waals surface area (Å²) in [4.78, 5) is 8.34. The van der Waals surface area contributed by atoms with Crippen molar-refractivity contribution in [2.24, 2.45) is 0 Å². The number of anilines is 1. The van der Waals surface area contributed by atoms with Gasteiger partial charge in [-0.05, 0) is 26.0 Å². The molecule has 0 aliphatic heterocycles. The van der Waals surface area contributed by atoms with Gasteiger partial charge in [-0.15, -0.1) is 0 Å². The number of halogens is 1. The predicted molar refractivity (Wildman–Crippen MR) is 72.9 cm³/mol. The van der Waals surface area contributed by atoms with Gasteiger partial charge >= 0.3 is 0 Å². The molecule has 1 aromatic heterocycles. The Morgan fingerprint density at radius 1 is 1.32 bits per heavy atom. The average Bonchev–Trinajstić information content (AvgIpc) is 2.42. The molecule has 0 bridgehead atoms. The van der Waals surface area contributed by atoms with Crippen molar-refractivity contribution in [3.8, 4) is 17.1 Å². The van der Waals surface area contributed by atoms with Crippen LogP contribution in [-0.4, -0.2) is 23.6 Å². The van der Waals surface area contributed by atoms with Crippen LogP contribution in [0, 0.1) is 12.7 Å². The molecule has 0 spiro atoms. The minimum absolute atomic E-state index is 0.198. The van der Waals surface area contributed by atoms with Gasteiger partial charge in [0.1, 0.15) is 5.75 Å². The highest BCUT2D eigenvalue weighted by Gasteiger charge is 2.11. The van der Waals surface area contributed by atoms with E-state index in [1.807, 2.05) is 31.2 Å². The van der Waals surface area contributed by atoms with Crippen LogP contribution >= 0.6 is 0 Å². The fourth-order valence-electron chi connectivity index (χ4n) is 1.75. The number of hydrogen-bond acceptors (Lipinski definition) is 4. The van der Waals surface area contributed by atoms with E-state index in [2.05, 4.69) is 15.3 Å². The summed E-state index contributed by atoms with van der Waals surface area (Å²) in [5.41, 5.74) is 1.11. The van der Waals surface area contributed by atoms with E-state index in [0.29, 0.717) is 18.1 Å². The van der Waals surface area contributed by atoms with Gasteiger partial charge in [0.2, 0.25) is 0 Å². The minimum Gasteiger partial charge on any atom is -0.494 e. The third kappa shape index (κ3) is 2.81. The molecule has 0 amide bonds. The number of hydrogen-bond donors (Lipinski definition) is 1. The van der Waals surface area contributed by atoms with E-state index in [1.165, 1.54) is 0 Å². The Hall–Kier alpha value is -2.17. The molecule has 0 unspecified atom stereocenters. The van der Waals surface area contributed by atoms with Gasteiger partial charge in [0.05, 0.1) is 12.3 Å². The second-order valence-corrected chi connectivity index (χ2v) is 4.01. The zero-order valence-electron chi connectivity index (χ0n) is 11.2. The molecule has 0 radical (unpaired) electrons. The largest absolute Gasteiger partial charge is 0.494 e. The highest BCUT2D eigenvalue weighted by molar-refractivity contribution is 5.60. The Kier molecular flexibility index (Phi) is 3.94. The van der Waals surface area contributed by atoms with Gasteiger partial charge in [-0.2, -0.15) is 0 Å². The van der Waals surface area contributed by atoms with Crippen LogP contribution in [-0.2, 0) is 0 Å². The van der Waals surface area contributed by atoms with Crippen LogP contribution in [0.5, 0.6) is 5.75 Å². The van der Waals surface area contributed by atoms with E-state index in [1.54, 1.807) is 14.0 Å². The van der Waals surface area contributed by atoms with Crippen molar-refractivity contribution < 1.29 is 9.13 Å². The Morgan fingerprint density at radius 2 is 2.11 bits per heavy atom. The second-order valence-electron chi connectivity index (χ2n) is 4.01. The van der Waals surface area contributed by atoms with Gasteiger partial charge in [0.15, 0.2) is 17.5 Å². The lowest BCUT2D eigenvalue weighted by Gasteiger charge is -2.09. The van der Waals surface area contributed by atoms with Crippen molar-refractivity contribution in [1.82, 2.24) is 9.97 Å². The summed E-state index contributed by atoms with van der Waals surface area (Å²) in [6.45, 7) is 4.13. The monoisotopic (exact) mass is 261 g/mol. The van der Waals surface area contributed by atoms with E-state index < -0.39 is 5.82 Å². The summed E-state index contributed by atoms with van der Waals surface area (Å²) in [6, 6.07) is 7.44. The summed E-state index contributed by atoms with van der Waals surface area (Å²) in [5.74, 6) is 0.998. The van der Waals surface area contributed by atoms with Crippen molar-refractivity contribution in [2.75, 3.05) is 19.0 Å². The summed E-state index contributed by atoms with van der Waals surface area (Å²) in [7, 11) is 1.63. The zero-order valence-corrected chi connectivity index (χ0v) is 11.2. The van der Waals surface area contributed by atoms with Crippen LogP contribution in [0.2, 0.25) is 0 Å². The lowest BCUT2D eigenvalue weighted by Crippen LogP contribution is -2.03. The first-order valence-electron chi connectivity index (χ1n) is 6.10. The molecule has 1 aromatic carbocycles. The number of nitrogens with zero attached hydrogens (tertiary/aromatic N) is 2. The Labute approximate surface area is 111 Å². The number of aryl methyl sites for hydroxylation is 1. The van der Waals surface area contributed by atoms with E-state index in [9.17, 15) is 4.39 Å². The van der Waals surface area contributed by atoms with Crippen molar-refractivity contribution in [3.05, 3.63) is 35.8 Å².